The summed E-state index contributed by atoms with van der Waals surface area (Å²) in [7, 11) is 0. The quantitative estimate of drug-likeness (QED) is 0.752. The van der Waals surface area contributed by atoms with Crippen molar-refractivity contribution in [2.75, 3.05) is 19.6 Å². The van der Waals surface area contributed by atoms with Crippen LogP contribution in [0.1, 0.15) is 27.2 Å². The molecule has 3 nitrogen and oxygen atoms in total. The van der Waals surface area contributed by atoms with Gasteiger partial charge in [-0.2, -0.15) is 0 Å². The number of piperidine rings is 1. The summed E-state index contributed by atoms with van der Waals surface area (Å²) < 4.78 is 0. The molecular weight excluding hydrogens is 178 g/mol. The molecule has 0 spiro atoms. The van der Waals surface area contributed by atoms with Crippen molar-refractivity contribution in [3.05, 3.63) is 0 Å². The second kappa shape index (κ2) is 4.78. The number of carboxylic acid groups (broad SMARTS) is 1. The average Bonchev–Trinajstić information content (AvgIpc) is 2.01. The fourth-order valence-corrected chi connectivity index (χ4v) is 2.31. The van der Waals surface area contributed by atoms with Crippen LogP contribution >= 0.6 is 0 Å². The molecule has 0 radical (unpaired) electrons. The molecule has 0 saturated carbocycles. The molecule has 0 aromatic carbocycles. The molecule has 1 saturated heterocycles. The van der Waals surface area contributed by atoms with Crippen molar-refractivity contribution in [1.29, 1.82) is 0 Å². The van der Waals surface area contributed by atoms with Gasteiger partial charge in [-0.3, -0.25) is 4.79 Å². The normalized spacial score (nSPS) is 29.4. The van der Waals surface area contributed by atoms with Gasteiger partial charge in [0.25, 0.3) is 0 Å². The number of hydrogen-bond acceptors (Lipinski definition) is 2. The minimum Gasteiger partial charge on any atom is -0.481 e. The van der Waals surface area contributed by atoms with E-state index in [1.54, 1.807) is 0 Å². The van der Waals surface area contributed by atoms with Gasteiger partial charge in [-0.05, 0) is 18.3 Å². The number of carbonyl (C=O) groups is 1. The minimum atomic E-state index is -0.634. The van der Waals surface area contributed by atoms with Crippen LogP contribution in [0.25, 0.3) is 0 Å². The van der Waals surface area contributed by atoms with Gasteiger partial charge in [-0.1, -0.05) is 20.8 Å². The van der Waals surface area contributed by atoms with Crippen LogP contribution < -0.4 is 0 Å². The summed E-state index contributed by atoms with van der Waals surface area (Å²) in [6.45, 7) is 9.31. The third-order valence-corrected chi connectivity index (χ3v) is 2.71. The highest BCUT2D eigenvalue weighted by Gasteiger charge is 2.29. The molecular formula is C11H21NO2. The minimum absolute atomic E-state index is 0.155. The molecule has 1 N–H and O–H groups in total. The van der Waals surface area contributed by atoms with E-state index >= 15 is 0 Å². The van der Waals surface area contributed by atoms with Crippen molar-refractivity contribution in [2.24, 2.45) is 17.8 Å². The molecule has 2 unspecified atom stereocenters. The van der Waals surface area contributed by atoms with Crippen molar-refractivity contribution in [2.45, 2.75) is 27.2 Å². The van der Waals surface area contributed by atoms with Gasteiger partial charge < -0.3 is 10.0 Å². The topological polar surface area (TPSA) is 40.5 Å². The Morgan fingerprint density at radius 1 is 1.50 bits per heavy atom. The summed E-state index contributed by atoms with van der Waals surface area (Å²) in [4.78, 5) is 13.2. The van der Waals surface area contributed by atoms with Crippen molar-refractivity contribution < 1.29 is 9.90 Å². The van der Waals surface area contributed by atoms with Gasteiger partial charge in [-0.25, -0.2) is 0 Å². The highest BCUT2D eigenvalue weighted by atomic mass is 16.4. The molecule has 0 aromatic rings. The van der Waals surface area contributed by atoms with Crippen LogP contribution in [-0.2, 0) is 4.79 Å². The van der Waals surface area contributed by atoms with Gasteiger partial charge in [-0.15, -0.1) is 0 Å². The number of carboxylic acids is 1. The summed E-state index contributed by atoms with van der Waals surface area (Å²) in [6, 6.07) is 0. The Balaban J connectivity index is 2.49. The summed E-state index contributed by atoms with van der Waals surface area (Å²) in [5, 5.41) is 8.98. The Bertz CT molecular complexity index is 201. The molecule has 1 aliphatic rings. The monoisotopic (exact) mass is 199 g/mol. The van der Waals surface area contributed by atoms with Crippen molar-refractivity contribution in [3.63, 3.8) is 0 Å². The summed E-state index contributed by atoms with van der Waals surface area (Å²) in [5.74, 6) is 0.348. The molecule has 1 rings (SSSR count). The highest BCUT2D eigenvalue weighted by Crippen LogP contribution is 2.22. The van der Waals surface area contributed by atoms with E-state index in [0.29, 0.717) is 11.8 Å². The van der Waals surface area contributed by atoms with Crippen LogP contribution in [0.2, 0.25) is 0 Å². The van der Waals surface area contributed by atoms with Gasteiger partial charge in [0.1, 0.15) is 0 Å². The van der Waals surface area contributed by atoms with E-state index < -0.39 is 5.97 Å². The first-order chi connectivity index (χ1) is 6.49. The molecule has 82 valence electrons. The summed E-state index contributed by atoms with van der Waals surface area (Å²) >= 11 is 0. The fraction of sp³-hybridized carbons (Fsp3) is 0.909. The largest absolute Gasteiger partial charge is 0.481 e. The van der Waals surface area contributed by atoms with Crippen LogP contribution in [0.5, 0.6) is 0 Å². The van der Waals surface area contributed by atoms with Gasteiger partial charge in [0.2, 0.25) is 0 Å². The molecule has 0 bridgehead atoms. The van der Waals surface area contributed by atoms with E-state index in [1.165, 1.54) is 0 Å². The number of nitrogens with zero attached hydrogens (tertiary/aromatic N) is 1. The first-order valence-corrected chi connectivity index (χ1v) is 5.44. The van der Waals surface area contributed by atoms with Crippen LogP contribution in [0.4, 0.5) is 0 Å². The lowest BCUT2D eigenvalue weighted by molar-refractivity contribution is -0.144. The van der Waals surface area contributed by atoms with E-state index in [9.17, 15) is 4.79 Å². The molecule has 14 heavy (non-hydrogen) atoms. The van der Waals surface area contributed by atoms with Crippen LogP contribution in [0.15, 0.2) is 0 Å². The molecule has 0 aromatic heterocycles. The van der Waals surface area contributed by atoms with Gasteiger partial charge in [0.15, 0.2) is 0 Å². The summed E-state index contributed by atoms with van der Waals surface area (Å²) in [5.41, 5.74) is 0. The predicted molar refractivity (Wildman–Crippen MR) is 56.2 cm³/mol. The first kappa shape index (κ1) is 11.5. The van der Waals surface area contributed by atoms with Crippen molar-refractivity contribution in [1.82, 2.24) is 4.90 Å². The number of hydrogen-bond donors (Lipinski definition) is 1. The number of likely N-dealkylation sites (tertiary alicyclic amines) is 1. The van der Waals surface area contributed by atoms with Gasteiger partial charge >= 0.3 is 5.97 Å². The zero-order valence-corrected chi connectivity index (χ0v) is 9.36. The third-order valence-electron chi connectivity index (χ3n) is 2.71. The predicted octanol–water partition coefficient (Wildman–Crippen LogP) is 1.69. The Morgan fingerprint density at radius 2 is 2.14 bits per heavy atom. The lowest BCUT2D eigenvalue weighted by Gasteiger charge is -2.35. The third kappa shape index (κ3) is 3.29. The highest BCUT2D eigenvalue weighted by molar-refractivity contribution is 5.70. The van der Waals surface area contributed by atoms with E-state index in [0.717, 1.165) is 26.1 Å². The molecule has 1 aliphatic heterocycles. The van der Waals surface area contributed by atoms with E-state index in [1.807, 2.05) is 0 Å². The molecule has 1 fully saturated rings. The molecule has 0 aliphatic carbocycles. The maximum Gasteiger partial charge on any atom is 0.307 e. The molecule has 2 atom stereocenters. The number of aliphatic carboxylic acids is 1. The van der Waals surface area contributed by atoms with E-state index in [2.05, 4.69) is 25.7 Å². The molecule has 1 heterocycles. The zero-order valence-electron chi connectivity index (χ0n) is 9.36. The van der Waals surface area contributed by atoms with E-state index in [4.69, 9.17) is 5.11 Å². The van der Waals surface area contributed by atoms with Crippen LogP contribution in [0, 0.1) is 17.8 Å². The van der Waals surface area contributed by atoms with Crippen molar-refractivity contribution >= 4 is 5.97 Å². The maximum atomic E-state index is 10.9. The van der Waals surface area contributed by atoms with Crippen LogP contribution in [0.3, 0.4) is 0 Å². The smallest absolute Gasteiger partial charge is 0.307 e. The van der Waals surface area contributed by atoms with E-state index in [-0.39, 0.29) is 5.92 Å². The zero-order chi connectivity index (χ0) is 10.7. The van der Waals surface area contributed by atoms with Gasteiger partial charge in [0.05, 0.1) is 5.92 Å². The molecule has 3 heteroatoms. The SMILES string of the molecule is CC(C)CN1CC(C)CC(C(=O)O)C1. The lowest BCUT2D eigenvalue weighted by Crippen LogP contribution is -2.43. The van der Waals surface area contributed by atoms with Crippen LogP contribution in [-0.4, -0.2) is 35.6 Å². The fourth-order valence-electron chi connectivity index (χ4n) is 2.31. The standard InChI is InChI=1S/C11H21NO2/c1-8(2)5-12-6-9(3)4-10(7-12)11(13)14/h8-10H,4-7H2,1-3H3,(H,13,14). The lowest BCUT2D eigenvalue weighted by atomic mass is 9.90. The Hall–Kier alpha value is -0.570. The number of rotatable bonds is 3. The Morgan fingerprint density at radius 3 is 2.64 bits per heavy atom. The second-order valence-electron chi connectivity index (χ2n) is 4.99. The average molecular weight is 199 g/mol. The van der Waals surface area contributed by atoms with Gasteiger partial charge in [0, 0.05) is 19.6 Å². The summed E-state index contributed by atoms with van der Waals surface area (Å²) in [6.07, 6.45) is 0.837. The van der Waals surface area contributed by atoms with Crippen molar-refractivity contribution in [3.8, 4) is 0 Å². The maximum absolute atomic E-state index is 10.9. The Labute approximate surface area is 86.1 Å². The first-order valence-electron chi connectivity index (χ1n) is 5.44. The second-order valence-corrected chi connectivity index (χ2v) is 4.99. The molecule has 0 amide bonds. The Kier molecular flexibility index (Phi) is 3.93.